The highest BCUT2D eigenvalue weighted by Gasteiger charge is 2.32. The lowest BCUT2D eigenvalue weighted by Crippen LogP contribution is -2.49. The Morgan fingerprint density at radius 2 is 1.95 bits per heavy atom. The van der Waals surface area contributed by atoms with Crippen molar-refractivity contribution in [2.45, 2.75) is 6.04 Å². The van der Waals surface area contributed by atoms with Crippen molar-refractivity contribution in [3.8, 4) is 28.1 Å². The molecule has 1 aliphatic rings. The van der Waals surface area contributed by atoms with Gasteiger partial charge in [-0.1, -0.05) is 17.7 Å². The molecule has 0 radical (unpaired) electrons. The first-order valence-corrected chi connectivity index (χ1v) is 11.4. The first kappa shape index (κ1) is 24.3. The van der Waals surface area contributed by atoms with Gasteiger partial charge < -0.3 is 15.0 Å². The van der Waals surface area contributed by atoms with Gasteiger partial charge in [0.25, 0.3) is 11.8 Å². The predicted octanol–water partition coefficient (Wildman–Crippen LogP) is 3.63. The van der Waals surface area contributed by atoms with Gasteiger partial charge in [-0.2, -0.15) is 5.10 Å². The number of aryl methyl sites for hydroxylation is 1. The molecule has 9 nitrogen and oxygen atoms in total. The lowest BCUT2D eigenvalue weighted by atomic mass is 10.1. The van der Waals surface area contributed by atoms with E-state index in [1.165, 1.54) is 4.90 Å². The van der Waals surface area contributed by atoms with E-state index in [0.717, 1.165) is 29.5 Å². The summed E-state index contributed by atoms with van der Waals surface area (Å²) in [5.41, 5.74) is 2.05. The quantitative estimate of drug-likeness (QED) is 0.437. The SMILES string of the molecule is CN1C(=O)[C@@H](NC(=O)c2ncc(Cl)c(-c3ccc(F)cc3F)n2)COc2ccc(-c3cnn(C)c3)cc21. The zero-order chi connectivity index (χ0) is 26.3. The molecule has 1 aliphatic heterocycles. The number of halogens is 3. The second-order valence-electron chi connectivity index (χ2n) is 8.33. The highest BCUT2D eigenvalue weighted by molar-refractivity contribution is 6.33. The van der Waals surface area contributed by atoms with Gasteiger partial charge in [0.05, 0.1) is 28.8 Å². The molecule has 0 unspecified atom stereocenters. The fourth-order valence-electron chi connectivity index (χ4n) is 3.92. The summed E-state index contributed by atoms with van der Waals surface area (Å²) in [6.07, 6.45) is 4.69. The van der Waals surface area contributed by atoms with Gasteiger partial charge in [-0.3, -0.25) is 14.3 Å². The Morgan fingerprint density at radius 3 is 2.68 bits per heavy atom. The minimum Gasteiger partial charge on any atom is -0.489 e. The van der Waals surface area contributed by atoms with Crippen molar-refractivity contribution in [2.24, 2.45) is 7.05 Å². The molecule has 0 saturated heterocycles. The van der Waals surface area contributed by atoms with Gasteiger partial charge in [-0.05, 0) is 29.8 Å². The number of fused-ring (bicyclic) bond motifs is 1. The number of aromatic nitrogens is 4. The Hall–Kier alpha value is -4.38. The number of nitrogens with zero attached hydrogens (tertiary/aromatic N) is 5. The largest absolute Gasteiger partial charge is 0.489 e. The van der Waals surface area contributed by atoms with Crippen LogP contribution in [-0.2, 0) is 11.8 Å². The summed E-state index contributed by atoms with van der Waals surface area (Å²) in [6.45, 7) is -0.138. The normalized spacial score (nSPS) is 15.1. The molecule has 2 amide bonds. The van der Waals surface area contributed by atoms with Crippen molar-refractivity contribution in [3.05, 3.63) is 77.5 Å². The molecule has 0 bridgehead atoms. The van der Waals surface area contributed by atoms with E-state index in [1.54, 1.807) is 30.1 Å². The number of nitrogens with one attached hydrogen (secondary N) is 1. The van der Waals surface area contributed by atoms with Crippen LogP contribution in [0.3, 0.4) is 0 Å². The van der Waals surface area contributed by atoms with Crippen molar-refractivity contribution in [3.63, 3.8) is 0 Å². The van der Waals surface area contributed by atoms with Crippen LogP contribution in [-0.4, -0.2) is 51.3 Å². The van der Waals surface area contributed by atoms with Crippen molar-refractivity contribution in [1.82, 2.24) is 25.1 Å². The van der Waals surface area contributed by atoms with E-state index in [-0.39, 0.29) is 28.7 Å². The van der Waals surface area contributed by atoms with Crippen molar-refractivity contribution in [2.75, 3.05) is 18.6 Å². The summed E-state index contributed by atoms with van der Waals surface area (Å²) in [5.74, 6) is -2.76. The smallest absolute Gasteiger partial charge is 0.289 e. The van der Waals surface area contributed by atoms with E-state index in [4.69, 9.17) is 16.3 Å². The zero-order valence-electron chi connectivity index (χ0n) is 19.6. The van der Waals surface area contributed by atoms with Crippen molar-refractivity contribution in [1.29, 1.82) is 0 Å². The second kappa shape index (κ2) is 9.58. The maximum absolute atomic E-state index is 14.3. The van der Waals surface area contributed by atoms with Crippen LogP contribution in [0.5, 0.6) is 5.75 Å². The number of hydrogen-bond acceptors (Lipinski definition) is 6. The van der Waals surface area contributed by atoms with Crippen LogP contribution in [0.1, 0.15) is 10.6 Å². The highest BCUT2D eigenvalue weighted by atomic mass is 35.5. The number of ether oxygens (including phenoxy) is 1. The molecule has 4 aromatic rings. The molecule has 188 valence electrons. The van der Waals surface area contributed by atoms with E-state index >= 15 is 0 Å². The summed E-state index contributed by atoms with van der Waals surface area (Å²) >= 11 is 6.11. The predicted molar refractivity (Wildman–Crippen MR) is 131 cm³/mol. The zero-order valence-corrected chi connectivity index (χ0v) is 20.3. The van der Waals surface area contributed by atoms with E-state index in [2.05, 4.69) is 20.4 Å². The molecule has 1 atom stereocenters. The minimum atomic E-state index is -1.06. The van der Waals surface area contributed by atoms with E-state index in [0.29, 0.717) is 17.5 Å². The topological polar surface area (TPSA) is 102 Å². The fraction of sp³-hybridized carbons (Fsp3) is 0.160. The minimum absolute atomic E-state index is 0.0319. The Labute approximate surface area is 214 Å². The van der Waals surface area contributed by atoms with Gasteiger partial charge in [0, 0.05) is 37.5 Å². The van der Waals surface area contributed by atoms with E-state index in [9.17, 15) is 18.4 Å². The van der Waals surface area contributed by atoms with Gasteiger partial charge in [-0.25, -0.2) is 18.7 Å². The summed E-state index contributed by atoms with van der Waals surface area (Å²) in [6, 6.07) is 7.24. The average molecular weight is 525 g/mol. The third kappa shape index (κ3) is 4.73. The molecule has 0 spiro atoms. The first-order valence-electron chi connectivity index (χ1n) is 11.0. The maximum Gasteiger partial charge on any atom is 0.289 e. The van der Waals surface area contributed by atoms with Gasteiger partial charge in [-0.15, -0.1) is 0 Å². The third-order valence-electron chi connectivity index (χ3n) is 5.83. The number of carbonyl (C=O) groups is 2. The van der Waals surface area contributed by atoms with Crippen LogP contribution in [0, 0.1) is 11.6 Å². The molecule has 0 saturated carbocycles. The lowest BCUT2D eigenvalue weighted by Gasteiger charge is -2.20. The molecule has 2 aromatic heterocycles. The number of amides is 2. The molecular formula is C25H19ClF2N6O3. The van der Waals surface area contributed by atoms with E-state index < -0.39 is 29.5 Å². The summed E-state index contributed by atoms with van der Waals surface area (Å²) in [5, 5.41) is 6.71. The van der Waals surface area contributed by atoms with Gasteiger partial charge in [0.1, 0.15) is 30.0 Å². The summed E-state index contributed by atoms with van der Waals surface area (Å²) in [7, 11) is 3.39. The number of likely N-dealkylation sites (N-methyl/N-ethyl adjacent to an activating group) is 1. The fourth-order valence-corrected chi connectivity index (χ4v) is 4.11. The molecule has 0 aliphatic carbocycles. The second-order valence-corrected chi connectivity index (χ2v) is 8.74. The van der Waals surface area contributed by atoms with Gasteiger partial charge >= 0.3 is 0 Å². The molecule has 12 heteroatoms. The molecule has 3 heterocycles. The van der Waals surface area contributed by atoms with Crippen LogP contribution in [0.15, 0.2) is 55.0 Å². The Kier molecular flexibility index (Phi) is 6.30. The Morgan fingerprint density at radius 1 is 1.14 bits per heavy atom. The summed E-state index contributed by atoms with van der Waals surface area (Å²) < 4.78 is 35.1. The number of carbonyl (C=O) groups excluding carboxylic acids is 2. The monoisotopic (exact) mass is 524 g/mol. The molecule has 5 rings (SSSR count). The summed E-state index contributed by atoms with van der Waals surface area (Å²) in [4.78, 5) is 35.5. The standard InChI is InChI=1S/C25H19ClF2N6O3/c1-33-11-14(9-30-33)13-3-6-21-20(7-13)34(2)25(36)19(12-37-21)31-24(35)23-29-10-17(26)22(32-23)16-5-4-15(27)8-18(16)28/h3-11,19H,12H2,1-2H3,(H,31,35)/t19-/m0/s1. The van der Waals surface area contributed by atoms with Gasteiger partial charge in [0.2, 0.25) is 5.82 Å². The van der Waals surface area contributed by atoms with Crippen molar-refractivity contribution < 1.29 is 23.1 Å². The molecular weight excluding hydrogens is 506 g/mol. The Bertz CT molecular complexity index is 1540. The molecule has 1 N–H and O–H groups in total. The van der Waals surface area contributed by atoms with Crippen LogP contribution in [0.4, 0.5) is 14.5 Å². The maximum atomic E-state index is 14.3. The van der Waals surface area contributed by atoms with Crippen LogP contribution < -0.4 is 15.0 Å². The van der Waals surface area contributed by atoms with Crippen molar-refractivity contribution >= 4 is 29.1 Å². The van der Waals surface area contributed by atoms with Crippen LogP contribution in [0.2, 0.25) is 5.02 Å². The Balaban J connectivity index is 1.38. The number of benzene rings is 2. The molecule has 2 aromatic carbocycles. The highest BCUT2D eigenvalue weighted by Crippen LogP contribution is 2.35. The number of hydrogen-bond donors (Lipinski definition) is 1. The van der Waals surface area contributed by atoms with Crippen LogP contribution >= 0.6 is 11.6 Å². The van der Waals surface area contributed by atoms with E-state index in [1.807, 2.05) is 19.3 Å². The number of rotatable bonds is 4. The molecule has 37 heavy (non-hydrogen) atoms. The number of anilines is 1. The lowest BCUT2D eigenvalue weighted by molar-refractivity contribution is -0.120. The third-order valence-corrected chi connectivity index (χ3v) is 6.11. The van der Waals surface area contributed by atoms with Crippen LogP contribution in [0.25, 0.3) is 22.4 Å². The molecule has 0 fully saturated rings. The first-order chi connectivity index (χ1) is 17.7. The average Bonchev–Trinajstić information content (AvgIpc) is 3.28. The van der Waals surface area contributed by atoms with Gasteiger partial charge in [0.15, 0.2) is 0 Å².